The van der Waals surface area contributed by atoms with Crippen LogP contribution in [0.3, 0.4) is 0 Å². The van der Waals surface area contributed by atoms with Gasteiger partial charge in [-0.3, -0.25) is 4.90 Å². The molecular formula is C12H24N2OS. The van der Waals surface area contributed by atoms with Gasteiger partial charge in [0.25, 0.3) is 0 Å². The molecule has 2 heterocycles. The summed E-state index contributed by atoms with van der Waals surface area (Å²) in [5, 5.41) is 0. The molecule has 0 bridgehead atoms. The second-order valence-corrected chi connectivity index (χ2v) is 6.32. The van der Waals surface area contributed by atoms with Crippen LogP contribution in [-0.2, 0) is 4.74 Å². The van der Waals surface area contributed by atoms with Gasteiger partial charge < -0.3 is 10.5 Å². The topological polar surface area (TPSA) is 38.5 Å². The average molecular weight is 244 g/mol. The van der Waals surface area contributed by atoms with E-state index in [9.17, 15) is 0 Å². The van der Waals surface area contributed by atoms with Gasteiger partial charge in [0.1, 0.15) is 0 Å². The molecule has 0 aliphatic carbocycles. The van der Waals surface area contributed by atoms with Crippen LogP contribution < -0.4 is 5.73 Å². The molecule has 0 amide bonds. The minimum atomic E-state index is 0.265. The van der Waals surface area contributed by atoms with Gasteiger partial charge >= 0.3 is 0 Å². The van der Waals surface area contributed by atoms with Crippen LogP contribution in [-0.4, -0.2) is 54.8 Å². The molecule has 2 aliphatic heterocycles. The van der Waals surface area contributed by atoms with E-state index >= 15 is 0 Å². The molecule has 0 spiro atoms. The first kappa shape index (κ1) is 12.7. The molecule has 0 aromatic carbocycles. The first-order chi connectivity index (χ1) is 7.72. The first-order valence-electron chi connectivity index (χ1n) is 6.27. The molecule has 0 aromatic rings. The van der Waals surface area contributed by atoms with Gasteiger partial charge in [-0.1, -0.05) is 6.92 Å². The van der Waals surface area contributed by atoms with E-state index in [0.29, 0.717) is 12.0 Å². The zero-order valence-corrected chi connectivity index (χ0v) is 11.3. The van der Waals surface area contributed by atoms with E-state index in [4.69, 9.17) is 10.5 Å². The quantitative estimate of drug-likeness (QED) is 0.809. The van der Waals surface area contributed by atoms with E-state index in [1.54, 1.807) is 0 Å². The number of rotatable bonds is 3. The van der Waals surface area contributed by atoms with E-state index < -0.39 is 0 Å². The summed E-state index contributed by atoms with van der Waals surface area (Å²) < 4.78 is 5.59. The van der Waals surface area contributed by atoms with E-state index in [1.165, 1.54) is 30.9 Å². The maximum absolute atomic E-state index is 6.03. The minimum Gasteiger partial charge on any atom is -0.380 e. The number of piperidine rings is 1. The summed E-state index contributed by atoms with van der Waals surface area (Å²) in [4.78, 5) is 2.60. The van der Waals surface area contributed by atoms with Gasteiger partial charge in [0.05, 0.1) is 6.10 Å². The van der Waals surface area contributed by atoms with Crippen molar-refractivity contribution in [2.75, 3.05) is 38.2 Å². The van der Waals surface area contributed by atoms with Crippen LogP contribution >= 0.6 is 11.8 Å². The lowest BCUT2D eigenvalue weighted by atomic mass is 9.89. The molecule has 3 unspecified atom stereocenters. The lowest BCUT2D eigenvalue weighted by Crippen LogP contribution is -2.59. The Labute approximate surface area is 103 Å². The van der Waals surface area contributed by atoms with Crippen LogP contribution in [0.4, 0.5) is 0 Å². The SMILES string of the molecule is COC1CN(C2(CN)CCSC2)CCC1C. The predicted octanol–water partition coefficient (Wildman–Crippen LogP) is 1.18. The number of hydrogen-bond donors (Lipinski definition) is 1. The Morgan fingerprint density at radius 1 is 1.56 bits per heavy atom. The van der Waals surface area contributed by atoms with Crippen LogP contribution in [0, 0.1) is 5.92 Å². The summed E-state index contributed by atoms with van der Waals surface area (Å²) in [6, 6.07) is 0. The average Bonchev–Trinajstić information content (AvgIpc) is 2.79. The van der Waals surface area contributed by atoms with E-state index in [2.05, 4.69) is 11.8 Å². The lowest BCUT2D eigenvalue weighted by molar-refractivity contribution is -0.0381. The molecule has 3 atom stereocenters. The third-order valence-corrected chi connectivity index (χ3v) is 5.56. The minimum absolute atomic E-state index is 0.265. The molecule has 4 heteroatoms. The highest BCUT2D eigenvalue weighted by molar-refractivity contribution is 7.99. The highest BCUT2D eigenvalue weighted by Gasteiger charge is 2.42. The monoisotopic (exact) mass is 244 g/mol. The van der Waals surface area contributed by atoms with Gasteiger partial charge in [-0.25, -0.2) is 0 Å². The number of ether oxygens (including phenoxy) is 1. The zero-order chi connectivity index (χ0) is 11.6. The Hall–Kier alpha value is 0.230. The van der Waals surface area contributed by atoms with Gasteiger partial charge in [0.15, 0.2) is 0 Å². The molecule has 2 saturated heterocycles. The van der Waals surface area contributed by atoms with Crippen molar-refractivity contribution in [1.29, 1.82) is 0 Å². The highest BCUT2D eigenvalue weighted by atomic mass is 32.2. The van der Waals surface area contributed by atoms with Crippen molar-refractivity contribution in [3.8, 4) is 0 Å². The summed E-state index contributed by atoms with van der Waals surface area (Å²) in [7, 11) is 1.84. The molecule has 3 nitrogen and oxygen atoms in total. The fourth-order valence-corrected chi connectivity index (χ4v) is 4.40. The molecule has 0 saturated carbocycles. The normalized spacial score (nSPS) is 41.4. The number of likely N-dealkylation sites (tertiary alicyclic amines) is 1. The van der Waals surface area contributed by atoms with E-state index in [1.807, 2.05) is 18.9 Å². The smallest absolute Gasteiger partial charge is 0.0724 e. The lowest BCUT2D eigenvalue weighted by Gasteiger charge is -2.46. The molecule has 2 rings (SSSR count). The third kappa shape index (κ3) is 2.26. The number of methoxy groups -OCH3 is 1. The fourth-order valence-electron chi connectivity index (χ4n) is 2.91. The predicted molar refractivity (Wildman–Crippen MR) is 69.9 cm³/mol. The number of nitrogens with two attached hydrogens (primary N) is 1. The van der Waals surface area contributed by atoms with Crippen molar-refractivity contribution < 1.29 is 4.74 Å². The Morgan fingerprint density at radius 3 is 2.94 bits per heavy atom. The van der Waals surface area contributed by atoms with Crippen LogP contribution in [0.2, 0.25) is 0 Å². The second kappa shape index (κ2) is 5.25. The fraction of sp³-hybridized carbons (Fsp3) is 1.00. The summed E-state index contributed by atoms with van der Waals surface area (Å²) in [5.74, 6) is 3.15. The first-order valence-corrected chi connectivity index (χ1v) is 7.43. The zero-order valence-electron chi connectivity index (χ0n) is 10.4. The molecule has 0 aromatic heterocycles. The molecule has 0 radical (unpaired) electrons. The highest BCUT2D eigenvalue weighted by Crippen LogP contribution is 2.35. The Bertz CT molecular complexity index is 231. The maximum Gasteiger partial charge on any atom is 0.0724 e. The van der Waals surface area contributed by atoms with Crippen LogP contribution in [0.5, 0.6) is 0 Å². The second-order valence-electron chi connectivity index (χ2n) is 5.22. The molecule has 2 fully saturated rings. The van der Waals surface area contributed by atoms with Gasteiger partial charge in [0, 0.05) is 31.5 Å². The van der Waals surface area contributed by atoms with E-state index in [-0.39, 0.29) is 5.54 Å². The molecule has 94 valence electrons. The van der Waals surface area contributed by atoms with Crippen molar-refractivity contribution in [3.63, 3.8) is 0 Å². The summed E-state index contributed by atoms with van der Waals surface area (Å²) in [5.41, 5.74) is 6.29. The van der Waals surface area contributed by atoms with E-state index in [0.717, 1.165) is 13.1 Å². The van der Waals surface area contributed by atoms with Gasteiger partial charge in [-0.05, 0) is 31.1 Å². The third-order valence-electron chi connectivity index (χ3n) is 4.33. The molecule has 2 N–H and O–H groups in total. The van der Waals surface area contributed by atoms with Crippen LogP contribution in [0.15, 0.2) is 0 Å². The molecule has 2 aliphatic rings. The van der Waals surface area contributed by atoms with Crippen molar-refractivity contribution in [2.45, 2.75) is 31.4 Å². The number of nitrogens with zero attached hydrogens (tertiary/aromatic N) is 1. The van der Waals surface area contributed by atoms with Crippen LogP contribution in [0.25, 0.3) is 0 Å². The van der Waals surface area contributed by atoms with Gasteiger partial charge in [-0.15, -0.1) is 0 Å². The van der Waals surface area contributed by atoms with Crippen molar-refractivity contribution in [1.82, 2.24) is 4.90 Å². The summed E-state index contributed by atoms with van der Waals surface area (Å²) in [6.07, 6.45) is 2.88. The summed E-state index contributed by atoms with van der Waals surface area (Å²) in [6.45, 7) is 5.35. The van der Waals surface area contributed by atoms with Crippen molar-refractivity contribution in [3.05, 3.63) is 0 Å². The standard InChI is InChI=1S/C12H24N2OS/c1-10-3-5-14(7-11(10)15-2)12(8-13)4-6-16-9-12/h10-11H,3-9,13H2,1-2H3. The van der Waals surface area contributed by atoms with Gasteiger partial charge in [-0.2, -0.15) is 11.8 Å². The molecular weight excluding hydrogens is 220 g/mol. The largest absolute Gasteiger partial charge is 0.380 e. The number of hydrogen-bond acceptors (Lipinski definition) is 4. The Kier molecular flexibility index (Phi) is 4.16. The number of thioether (sulfide) groups is 1. The van der Waals surface area contributed by atoms with Crippen molar-refractivity contribution >= 4 is 11.8 Å². The Morgan fingerprint density at radius 2 is 2.38 bits per heavy atom. The maximum atomic E-state index is 6.03. The Balaban J connectivity index is 2.03. The summed E-state index contributed by atoms with van der Waals surface area (Å²) >= 11 is 2.05. The van der Waals surface area contributed by atoms with Gasteiger partial charge in [0.2, 0.25) is 0 Å². The van der Waals surface area contributed by atoms with Crippen LogP contribution in [0.1, 0.15) is 19.8 Å². The van der Waals surface area contributed by atoms with Crippen molar-refractivity contribution in [2.24, 2.45) is 11.7 Å². The molecule has 16 heavy (non-hydrogen) atoms.